The summed E-state index contributed by atoms with van der Waals surface area (Å²) >= 11 is 0. The highest BCUT2D eigenvalue weighted by molar-refractivity contribution is 6.02. The first-order valence-corrected chi connectivity index (χ1v) is 10.3. The van der Waals surface area contributed by atoms with Crippen LogP contribution in [0.15, 0.2) is 54.6 Å². The highest BCUT2D eigenvalue weighted by atomic mass is 16.5. The minimum absolute atomic E-state index is 0.372. The number of nitrogens with zero attached hydrogens (tertiary/aromatic N) is 1. The molecule has 0 aliphatic carbocycles. The van der Waals surface area contributed by atoms with Gasteiger partial charge >= 0.3 is 0 Å². The second-order valence-electron chi connectivity index (χ2n) is 7.15. The quantitative estimate of drug-likeness (QED) is 0.509. The van der Waals surface area contributed by atoms with E-state index in [2.05, 4.69) is 47.9 Å². The lowest BCUT2D eigenvalue weighted by Gasteiger charge is -2.12. The summed E-state index contributed by atoms with van der Waals surface area (Å²) in [6, 6.07) is 18.7. The van der Waals surface area contributed by atoms with Crippen LogP contribution in [-0.2, 0) is 17.7 Å². The summed E-state index contributed by atoms with van der Waals surface area (Å²) < 4.78 is 7.72. The SMILES string of the molecule is CCOCCCn1c(C)c(C(N)=O)c(-c2ccc(-c3ccccc3)cc2)c1CC. The fourth-order valence-electron chi connectivity index (χ4n) is 4.01. The van der Waals surface area contributed by atoms with Crippen molar-refractivity contribution in [3.8, 4) is 22.3 Å². The Kier molecular flexibility index (Phi) is 6.89. The van der Waals surface area contributed by atoms with Crippen molar-refractivity contribution >= 4 is 5.91 Å². The molecule has 0 aliphatic rings. The first-order chi connectivity index (χ1) is 14.1. The lowest BCUT2D eigenvalue weighted by molar-refractivity contribution is 0.1000. The molecule has 2 N–H and O–H groups in total. The van der Waals surface area contributed by atoms with Crippen LogP contribution in [0, 0.1) is 6.92 Å². The topological polar surface area (TPSA) is 57.2 Å². The van der Waals surface area contributed by atoms with Gasteiger partial charge in [0.05, 0.1) is 5.56 Å². The number of carbonyl (C=O) groups is 1. The third kappa shape index (κ3) is 4.43. The van der Waals surface area contributed by atoms with Crippen LogP contribution >= 0.6 is 0 Å². The molecule has 152 valence electrons. The molecule has 0 bridgehead atoms. The number of rotatable bonds is 9. The summed E-state index contributed by atoms with van der Waals surface area (Å²) in [6.45, 7) is 8.36. The third-order valence-electron chi connectivity index (χ3n) is 5.37. The van der Waals surface area contributed by atoms with E-state index in [0.29, 0.717) is 12.2 Å². The van der Waals surface area contributed by atoms with Crippen molar-refractivity contribution in [2.75, 3.05) is 13.2 Å². The summed E-state index contributed by atoms with van der Waals surface area (Å²) in [5.74, 6) is -0.372. The fourth-order valence-corrected chi connectivity index (χ4v) is 4.01. The largest absolute Gasteiger partial charge is 0.382 e. The number of ether oxygens (including phenoxy) is 1. The number of hydrogen-bond donors (Lipinski definition) is 1. The lowest BCUT2D eigenvalue weighted by Crippen LogP contribution is -2.13. The zero-order chi connectivity index (χ0) is 20.8. The van der Waals surface area contributed by atoms with E-state index in [1.54, 1.807) is 0 Å². The first-order valence-electron chi connectivity index (χ1n) is 10.3. The number of amides is 1. The Labute approximate surface area is 173 Å². The Morgan fingerprint density at radius 1 is 0.966 bits per heavy atom. The second-order valence-corrected chi connectivity index (χ2v) is 7.15. The molecule has 29 heavy (non-hydrogen) atoms. The van der Waals surface area contributed by atoms with Crippen molar-refractivity contribution < 1.29 is 9.53 Å². The summed E-state index contributed by atoms with van der Waals surface area (Å²) in [4.78, 5) is 12.3. The van der Waals surface area contributed by atoms with Crippen LogP contribution in [0.2, 0.25) is 0 Å². The molecule has 3 rings (SSSR count). The van der Waals surface area contributed by atoms with Crippen molar-refractivity contribution in [2.24, 2.45) is 5.73 Å². The van der Waals surface area contributed by atoms with Gasteiger partial charge in [-0.15, -0.1) is 0 Å². The molecule has 0 aliphatic heterocycles. The van der Waals surface area contributed by atoms with Crippen LogP contribution in [0.1, 0.15) is 42.0 Å². The molecule has 0 radical (unpaired) electrons. The van der Waals surface area contributed by atoms with Crippen LogP contribution in [0.4, 0.5) is 0 Å². The van der Waals surface area contributed by atoms with Crippen molar-refractivity contribution in [3.63, 3.8) is 0 Å². The molecule has 1 amide bonds. The Morgan fingerprint density at radius 2 is 1.59 bits per heavy atom. The highest BCUT2D eigenvalue weighted by Crippen LogP contribution is 2.34. The van der Waals surface area contributed by atoms with E-state index in [-0.39, 0.29) is 5.91 Å². The van der Waals surface area contributed by atoms with Crippen molar-refractivity contribution in [2.45, 2.75) is 40.2 Å². The van der Waals surface area contributed by atoms with Gasteiger partial charge in [-0.05, 0) is 43.4 Å². The highest BCUT2D eigenvalue weighted by Gasteiger charge is 2.23. The van der Waals surface area contributed by atoms with Crippen molar-refractivity contribution in [1.82, 2.24) is 4.57 Å². The number of primary amides is 1. The number of aromatic nitrogens is 1. The molecule has 4 nitrogen and oxygen atoms in total. The Bertz CT molecular complexity index is 957. The van der Waals surface area contributed by atoms with Gasteiger partial charge in [-0.3, -0.25) is 4.79 Å². The van der Waals surface area contributed by atoms with Crippen molar-refractivity contribution in [1.29, 1.82) is 0 Å². The van der Waals surface area contributed by atoms with E-state index < -0.39 is 0 Å². The molecule has 0 saturated heterocycles. The maximum atomic E-state index is 12.3. The second kappa shape index (κ2) is 9.57. The Morgan fingerprint density at radius 3 is 2.17 bits per heavy atom. The molecule has 0 unspecified atom stereocenters. The van der Waals surface area contributed by atoms with E-state index >= 15 is 0 Å². The number of benzene rings is 2. The predicted molar refractivity (Wildman–Crippen MR) is 119 cm³/mol. The molecule has 1 heterocycles. The van der Waals surface area contributed by atoms with E-state index in [0.717, 1.165) is 54.1 Å². The zero-order valence-electron chi connectivity index (χ0n) is 17.6. The normalized spacial score (nSPS) is 11.0. The zero-order valence-corrected chi connectivity index (χ0v) is 17.6. The average molecular weight is 391 g/mol. The van der Waals surface area contributed by atoms with E-state index in [1.807, 2.05) is 32.0 Å². The molecule has 4 heteroatoms. The van der Waals surface area contributed by atoms with Gasteiger partial charge < -0.3 is 15.0 Å². The average Bonchev–Trinajstić information content (AvgIpc) is 3.03. The fraction of sp³-hybridized carbons (Fsp3) is 0.320. The van der Waals surface area contributed by atoms with E-state index in [4.69, 9.17) is 10.5 Å². The van der Waals surface area contributed by atoms with Gasteiger partial charge in [-0.2, -0.15) is 0 Å². The Hall–Kier alpha value is -2.85. The summed E-state index contributed by atoms with van der Waals surface area (Å²) in [5.41, 5.74) is 12.9. The number of hydrogen-bond acceptors (Lipinski definition) is 2. The molecule has 0 spiro atoms. The molecule has 2 aromatic carbocycles. The van der Waals surface area contributed by atoms with Gasteiger partial charge in [0.15, 0.2) is 0 Å². The summed E-state index contributed by atoms with van der Waals surface area (Å²) in [5, 5.41) is 0. The van der Waals surface area contributed by atoms with Crippen LogP contribution in [0.5, 0.6) is 0 Å². The lowest BCUT2D eigenvalue weighted by atomic mass is 9.96. The van der Waals surface area contributed by atoms with E-state index in [1.165, 1.54) is 5.56 Å². The standard InChI is InChI=1S/C25H30N2O2/c1-4-22-24(21-14-12-20(13-15-21)19-10-7-6-8-11-19)23(25(26)28)18(3)27(22)16-9-17-29-5-2/h6-8,10-15H,4-5,9,16-17H2,1-3H3,(H2,26,28). The van der Waals surface area contributed by atoms with Gasteiger partial charge in [0.2, 0.25) is 0 Å². The van der Waals surface area contributed by atoms with Crippen molar-refractivity contribution in [3.05, 3.63) is 71.5 Å². The van der Waals surface area contributed by atoms with Crippen LogP contribution in [0.25, 0.3) is 22.3 Å². The minimum Gasteiger partial charge on any atom is -0.382 e. The van der Waals surface area contributed by atoms with Gasteiger partial charge in [-0.25, -0.2) is 0 Å². The molecule has 0 atom stereocenters. The summed E-state index contributed by atoms with van der Waals surface area (Å²) in [6.07, 6.45) is 1.74. The van der Waals surface area contributed by atoms with Crippen LogP contribution in [0.3, 0.4) is 0 Å². The van der Waals surface area contributed by atoms with Gasteiger partial charge in [-0.1, -0.05) is 61.5 Å². The van der Waals surface area contributed by atoms with Gasteiger partial charge in [0.25, 0.3) is 5.91 Å². The number of carbonyl (C=O) groups excluding carboxylic acids is 1. The summed E-state index contributed by atoms with van der Waals surface area (Å²) in [7, 11) is 0. The van der Waals surface area contributed by atoms with Crippen LogP contribution < -0.4 is 5.73 Å². The molecule has 0 saturated carbocycles. The van der Waals surface area contributed by atoms with E-state index in [9.17, 15) is 4.79 Å². The molecule has 0 fully saturated rings. The predicted octanol–water partition coefficient (Wildman–Crippen LogP) is 5.22. The smallest absolute Gasteiger partial charge is 0.251 e. The van der Waals surface area contributed by atoms with Gasteiger partial charge in [0.1, 0.15) is 0 Å². The first kappa shape index (κ1) is 20.9. The maximum Gasteiger partial charge on any atom is 0.251 e. The molecular weight excluding hydrogens is 360 g/mol. The van der Waals surface area contributed by atoms with Crippen LogP contribution in [-0.4, -0.2) is 23.7 Å². The third-order valence-corrected chi connectivity index (χ3v) is 5.37. The maximum absolute atomic E-state index is 12.3. The number of nitrogens with two attached hydrogens (primary N) is 1. The van der Waals surface area contributed by atoms with Gasteiger partial charge in [0, 0.05) is 36.7 Å². The Balaban J connectivity index is 2.02. The minimum atomic E-state index is -0.372. The molecular formula is C25H30N2O2. The molecule has 3 aromatic rings. The monoisotopic (exact) mass is 390 g/mol. The molecule has 1 aromatic heterocycles.